The maximum atomic E-state index is 12.0. The van der Waals surface area contributed by atoms with Crippen LogP contribution in [0, 0.1) is 0 Å². The average molecular weight is 330 g/mol. The van der Waals surface area contributed by atoms with Crippen molar-refractivity contribution in [3.8, 4) is 0 Å². The number of amides is 2. The van der Waals surface area contributed by atoms with Gasteiger partial charge in [0.25, 0.3) is 5.91 Å². The van der Waals surface area contributed by atoms with Gasteiger partial charge in [0.15, 0.2) is 0 Å². The monoisotopic (exact) mass is 329 g/mol. The van der Waals surface area contributed by atoms with Gasteiger partial charge in [0.1, 0.15) is 0 Å². The van der Waals surface area contributed by atoms with Gasteiger partial charge in [-0.05, 0) is 42.0 Å². The van der Waals surface area contributed by atoms with Gasteiger partial charge in [0.2, 0.25) is 5.91 Å². The number of hydrogen-bond acceptors (Lipinski definition) is 3. The molecule has 2 aromatic rings. The SMILES string of the molecule is CN(C)C(=O)c1cc(NC(=O)/C=C/c2ccncc2)ccc1Cl. The number of nitrogens with zero attached hydrogens (tertiary/aromatic N) is 2. The molecule has 0 aliphatic heterocycles. The quantitative estimate of drug-likeness (QED) is 0.877. The topological polar surface area (TPSA) is 62.3 Å². The van der Waals surface area contributed by atoms with Crippen LogP contribution in [-0.2, 0) is 4.79 Å². The van der Waals surface area contributed by atoms with Crippen LogP contribution in [-0.4, -0.2) is 35.8 Å². The second kappa shape index (κ2) is 7.56. The minimum Gasteiger partial charge on any atom is -0.345 e. The van der Waals surface area contributed by atoms with Gasteiger partial charge in [0, 0.05) is 38.3 Å². The fraction of sp³-hybridized carbons (Fsp3) is 0.118. The van der Waals surface area contributed by atoms with Crippen LogP contribution in [0.2, 0.25) is 5.02 Å². The molecule has 2 rings (SSSR count). The van der Waals surface area contributed by atoms with Gasteiger partial charge in [-0.15, -0.1) is 0 Å². The van der Waals surface area contributed by atoms with E-state index in [0.29, 0.717) is 16.3 Å². The van der Waals surface area contributed by atoms with Gasteiger partial charge in [-0.1, -0.05) is 11.6 Å². The zero-order chi connectivity index (χ0) is 16.8. The van der Waals surface area contributed by atoms with Crippen molar-refractivity contribution in [1.29, 1.82) is 0 Å². The van der Waals surface area contributed by atoms with Crippen LogP contribution in [0.15, 0.2) is 48.8 Å². The highest BCUT2D eigenvalue weighted by Gasteiger charge is 2.13. The molecular weight excluding hydrogens is 314 g/mol. The second-order valence-electron chi connectivity index (χ2n) is 5.00. The molecule has 2 amide bonds. The molecule has 1 heterocycles. The van der Waals surface area contributed by atoms with E-state index >= 15 is 0 Å². The molecule has 0 unspecified atom stereocenters. The second-order valence-corrected chi connectivity index (χ2v) is 5.40. The molecule has 0 radical (unpaired) electrons. The third-order valence-corrected chi connectivity index (χ3v) is 3.33. The van der Waals surface area contributed by atoms with Gasteiger partial charge < -0.3 is 10.2 Å². The summed E-state index contributed by atoms with van der Waals surface area (Å²) in [7, 11) is 3.28. The Morgan fingerprint density at radius 2 is 1.87 bits per heavy atom. The van der Waals surface area contributed by atoms with E-state index in [-0.39, 0.29) is 11.8 Å². The Hall–Kier alpha value is -2.66. The molecule has 1 aromatic carbocycles. The Labute approximate surface area is 139 Å². The minimum atomic E-state index is -0.299. The standard InChI is InChI=1S/C17H16ClN3O2/c1-21(2)17(23)14-11-13(4-5-15(14)18)20-16(22)6-3-12-7-9-19-10-8-12/h3-11H,1-2H3,(H,20,22)/b6-3+. The number of nitrogens with one attached hydrogen (secondary N) is 1. The molecule has 0 aliphatic carbocycles. The first-order valence-corrected chi connectivity index (χ1v) is 7.25. The summed E-state index contributed by atoms with van der Waals surface area (Å²) in [6.07, 6.45) is 6.39. The Kier molecular flexibility index (Phi) is 5.49. The van der Waals surface area contributed by atoms with Crippen LogP contribution < -0.4 is 5.32 Å². The zero-order valence-corrected chi connectivity index (χ0v) is 13.5. The van der Waals surface area contributed by atoms with Crippen molar-refractivity contribution in [2.75, 3.05) is 19.4 Å². The van der Waals surface area contributed by atoms with Gasteiger partial charge in [0.05, 0.1) is 10.6 Å². The molecule has 0 saturated heterocycles. The largest absolute Gasteiger partial charge is 0.345 e. The number of pyridine rings is 1. The normalized spacial score (nSPS) is 10.6. The van der Waals surface area contributed by atoms with Gasteiger partial charge in [-0.2, -0.15) is 0 Å². The molecule has 0 atom stereocenters. The number of benzene rings is 1. The van der Waals surface area contributed by atoms with E-state index in [1.807, 2.05) is 0 Å². The number of aromatic nitrogens is 1. The molecule has 6 heteroatoms. The number of anilines is 1. The lowest BCUT2D eigenvalue weighted by atomic mass is 10.1. The molecule has 23 heavy (non-hydrogen) atoms. The van der Waals surface area contributed by atoms with Crippen molar-refractivity contribution in [3.63, 3.8) is 0 Å². The van der Waals surface area contributed by atoms with Crippen molar-refractivity contribution < 1.29 is 9.59 Å². The van der Waals surface area contributed by atoms with Crippen molar-refractivity contribution in [2.45, 2.75) is 0 Å². The van der Waals surface area contributed by atoms with Gasteiger partial charge in [-0.25, -0.2) is 0 Å². The summed E-state index contributed by atoms with van der Waals surface area (Å²) in [5.41, 5.74) is 1.71. The third-order valence-electron chi connectivity index (χ3n) is 3.00. The van der Waals surface area contributed by atoms with Crippen LogP contribution in [0.5, 0.6) is 0 Å². The minimum absolute atomic E-state index is 0.224. The predicted octanol–water partition coefficient (Wildman–Crippen LogP) is 3.09. The highest BCUT2D eigenvalue weighted by atomic mass is 35.5. The highest BCUT2D eigenvalue weighted by Crippen LogP contribution is 2.21. The molecule has 1 aromatic heterocycles. The number of rotatable bonds is 4. The first-order valence-electron chi connectivity index (χ1n) is 6.87. The number of carbonyl (C=O) groups is 2. The summed E-state index contributed by atoms with van der Waals surface area (Å²) in [5, 5.41) is 3.04. The van der Waals surface area contributed by atoms with Gasteiger partial charge >= 0.3 is 0 Å². The van der Waals surface area contributed by atoms with E-state index in [2.05, 4.69) is 10.3 Å². The Morgan fingerprint density at radius 1 is 1.17 bits per heavy atom. The molecule has 118 valence electrons. The smallest absolute Gasteiger partial charge is 0.254 e. The summed E-state index contributed by atoms with van der Waals surface area (Å²) < 4.78 is 0. The molecule has 0 spiro atoms. The summed E-state index contributed by atoms with van der Waals surface area (Å²) in [4.78, 5) is 29.3. The first kappa shape index (κ1) is 16.7. The van der Waals surface area contributed by atoms with Crippen molar-refractivity contribution in [3.05, 3.63) is 65.0 Å². The lowest BCUT2D eigenvalue weighted by Crippen LogP contribution is -2.22. The summed E-state index contributed by atoms with van der Waals surface area (Å²) in [6.45, 7) is 0. The Bertz CT molecular complexity index is 743. The molecule has 0 fully saturated rings. The van der Waals surface area contributed by atoms with Crippen LogP contribution in [0.3, 0.4) is 0 Å². The maximum absolute atomic E-state index is 12.0. The predicted molar refractivity (Wildman–Crippen MR) is 91.4 cm³/mol. The summed E-state index contributed by atoms with van der Waals surface area (Å²) in [5.74, 6) is -0.522. The Balaban J connectivity index is 2.11. The number of carbonyl (C=O) groups excluding carboxylic acids is 2. The maximum Gasteiger partial charge on any atom is 0.254 e. The van der Waals surface area contributed by atoms with Crippen LogP contribution in [0.1, 0.15) is 15.9 Å². The molecule has 5 nitrogen and oxygen atoms in total. The van der Waals surface area contributed by atoms with E-state index < -0.39 is 0 Å². The van der Waals surface area contributed by atoms with Crippen molar-refractivity contribution >= 4 is 35.2 Å². The van der Waals surface area contributed by atoms with E-state index in [1.165, 1.54) is 11.0 Å². The van der Waals surface area contributed by atoms with Gasteiger partial charge in [-0.3, -0.25) is 14.6 Å². The number of hydrogen-bond donors (Lipinski definition) is 1. The summed E-state index contributed by atoms with van der Waals surface area (Å²) in [6, 6.07) is 8.37. The Morgan fingerprint density at radius 3 is 2.52 bits per heavy atom. The molecule has 0 bridgehead atoms. The molecule has 0 saturated carbocycles. The summed E-state index contributed by atoms with van der Waals surface area (Å²) >= 11 is 6.03. The molecule has 0 aliphatic rings. The zero-order valence-electron chi connectivity index (χ0n) is 12.8. The van der Waals surface area contributed by atoms with Crippen LogP contribution in [0.4, 0.5) is 5.69 Å². The van der Waals surface area contributed by atoms with Crippen molar-refractivity contribution in [1.82, 2.24) is 9.88 Å². The van der Waals surface area contributed by atoms with E-state index in [0.717, 1.165) is 5.56 Å². The lowest BCUT2D eigenvalue weighted by Gasteiger charge is -2.12. The van der Waals surface area contributed by atoms with Crippen LogP contribution >= 0.6 is 11.6 Å². The average Bonchev–Trinajstić information content (AvgIpc) is 2.55. The van der Waals surface area contributed by atoms with E-state index in [9.17, 15) is 9.59 Å². The van der Waals surface area contributed by atoms with Crippen LogP contribution in [0.25, 0.3) is 6.08 Å². The van der Waals surface area contributed by atoms with E-state index in [1.54, 1.807) is 62.9 Å². The fourth-order valence-electron chi connectivity index (χ4n) is 1.84. The van der Waals surface area contributed by atoms with Crippen molar-refractivity contribution in [2.24, 2.45) is 0 Å². The fourth-order valence-corrected chi connectivity index (χ4v) is 2.04. The number of halogens is 1. The van der Waals surface area contributed by atoms with E-state index in [4.69, 9.17) is 11.6 Å². The molecular formula is C17H16ClN3O2. The highest BCUT2D eigenvalue weighted by molar-refractivity contribution is 6.34. The molecule has 1 N–H and O–H groups in total. The first-order chi connectivity index (χ1) is 11.0. The lowest BCUT2D eigenvalue weighted by molar-refractivity contribution is -0.111. The third kappa shape index (κ3) is 4.66.